The third kappa shape index (κ3) is 4.28. The molecule has 1 fully saturated rings. The molecule has 1 aliphatic rings. The summed E-state index contributed by atoms with van der Waals surface area (Å²) in [7, 11) is 0. The Morgan fingerprint density at radius 2 is 1.95 bits per heavy atom. The Balaban J connectivity index is 1.92. The van der Waals surface area contributed by atoms with Crippen LogP contribution in [0.5, 0.6) is 0 Å². The zero-order chi connectivity index (χ0) is 16.3. The monoisotopic (exact) mass is 344 g/mol. The third-order valence-electron chi connectivity index (χ3n) is 4.28. The van der Waals surface area contributed by atoms with Crippen molar-refractivity contribution >= 4 is 29.2 Å². The van der Waals surface area contributed by atoms with Crippen molar-refractivity contribution in [3.05, 3.63) is 33.8 Å². The normalized spacial score (nSPS) is 18.9. The van der Waals surface area contributed by atoms with E-state index in [0.29, 0.717) is 23.1 Å². The summed E-state index contributed by atoms with van der Waals surface area (Å²) in [6, 6.07) is 4.98. The van der Waals surface area contributed by atoms with Gasteiger partial charge in [0.15, 0.2) is 0 Å². The SMILES string of the molecule is CC(NC(=O)N1CCC(C(C)O)CC1)c1ccc(Cl)cc1Cl. The van der Waals surface area contributed by atoms with E-state index in [2.05, 4.69) is 5.32 Å². The lowest BCUT2D eigenvalue weighted by atomic mass is 9.92. The van der Waals surface area contributed by atoms with Gasteiger partial charge in [0.1, 0.15) is 0 Å². The second-order valence-electron chi connectivity index (χ2n) is 5.90. The quantitative estimate of drug-likeness (QED) is 0.874. The Morgan fingerprint density at radius 3 is 2.50 bits per heavy atom. The van der Waals surface area contributed by atoms with Crippen LogP contribution in [-0.4, -0.2) is 35.2 Å². The number of hydrogen-bond donors (Lipinski definition) is 2. The standard InChI is InChI=1S/C16H22Cl2N2O2/c1-10(14-4-3-13(17)9-15(14)18)19-16(22)20-7-5-12(6-8-20)11(2)21/h3-4,9-12,21H,5-8H2,1-2H3,(H,19,22). The summed E-state index contributed by atoms with van der Waals surface area (Å²) in [6.45, 7) is 5.05. The second-order valence-corrected chi connectivity index (χ2v) is 6.75. The van der Waals surface area contributed by atoms with Crippen molar-refractivity contribution in [3.8, 4) is 0 Å². The summed E-state index contributed by atoms with van der Waals surface area (Å²) < 4.78 is 0. The van der Waals surface area contributed by atoms with Crippen molar-refractivity contribution in [2.75, 3.05) is 13.1 Å². The van der Waals surface area contributed by atoms with Gasteiger partial charge in [0.05, 0.1) is 12.1 Å². The number of nitrogens with zero attached hydrogens (tertiary/aromatic N) is 1. The second kappa shape index (κ2) is 7.53. The molecular weight excluding hydrogens is 323 g/mol. The minimum absolute atomic E-state index is 0.0949. The van der Waals surface area contributed by atoms with Crippen LogP contribution >= 0.6 is 23.2 Å². The van der Waals surface area contributed by atoms with Crippen molar-refractivity contribution in [3.63, 3.8) is 0 Å². The first-order valence-electron chi connectivity index (χ1n) is 7.57. The minimum Gasteiger partial charge on any atom is -0.393 e. The number of piperidine rings is 1. The number of likely N-dealkylation sites (tertiary alicyclic amines) is 1. The van der Waals surface area contributed by atoms with Crippen LogP contribution < -0.4 is 5.32 Å². The molecule has 0 radical (unpaired) electrons. The molecule has 0 aliphatic carbocycles. The van der Waals surface area contributed by atoms with Crippen LogP contribution in [0.4, 0.5) is 4.79 Å². The van der Waals surface area contributed by atoms with Crippen LogP contribution in [0.1, 0.15) is 38.3 Å². The maximum absolute atomic E-state index is 12.3. The Morgan fingerprint density at radius 1 is 1.32 bits per heavy atom. The zero-order valence-electron chi connectivity index (χ0n) is 12.9. The van der Waals surface area contributed by atoms with Gasteiger partial charge in [-0.1, -0.05) is 29.3 Å². The van der Waals surface area contributed by atoms with Crippen molar-refractivity contribution in [2.24, 2.45) is 5.92 Å². The fraction of sp³-hybridized carbons (Fsp3) is 0.562. The average Bonchev–Trinajstić information content (AvgIpc) is 2.47. The minimum atomic E-state index is -0.308. The number of urea groups is 1. The number of aliphatic hydroxyl groups is 1. The number of benzene rings is 1. The first-order valence-corrected chi connectivity index (χ1v) is 8.32. The van der Waals surface area contributed by atoms with Gasteiger partial charge in [-0.2, -0.15) is 0 Å². The fourth-order valence-electron chi connectivity index (χ4n) is 2.79. The number of carbonyl (C=O) groups is 1. The lowest BCUT2D eigenvalue weighted by Crippen LogP contribution is -2.46. The van der Waals surface area contributed by atoms with Gasteiger partial charge in [-0.05, 0) is 50.3 Å². The highest BCUT2D eigenvalue weighted by Crippen LogP contribution is 2.26. The highest BCUT2D eigenvalue weighted by atomic mass is 35.5. The molecule has 1 saturated heterocycles. The molecule has 22 heavy (non-hydrogen) atoms. The van der Waals surface area contributed by atoms with Crippen molar-refractivity contribution in [1.82, 2.24) is 10.2 Å². The van der Waals surface area contributed by atoms with Gasteiger partial charge < -0.3 is 15.3 Å². The van der Waals surface area contributed by atoms with E-state index in [4.69, 9.17) is 23.2 Å². The van der Waals surface area contributed by atoms with Crippen LogP contribution in [0, 0.1) is 5.92 Å². The Hall–Kier alpha value is -0.970. The molecule has 0 spiro atoms. The lowest BCUT2D eigenvalue weighted by Gasteiger charge is -2.34. The van der Waals surface area contributed by atoms with Crippen molar-refractivity contribution < 1.29 is 9.90 Å². The third-order valence-corrected chi connectivity index (χ3v) is 4.84. The van der Waals surface area contributed by atoms with E-state index < -0.39 is 0 Å². The summed E-state index contributed by atoms with van der Waals surface area (Å²) in [5.74, 6) is 0.284. The molecule has 2 rings (SSSR count). The maximum Gasteiger partial charge on any atom is 0.317 e. The smallest absolute Gasteiger partial charge is 0.317 e. The van der Waals surface area contributed by atoms with E-state index in [1.165, 1.54) is 0 Å². The van der Waals surface area contributed by atoms with Gasteiger partial charge in [-0.3, -0.25) is 0 Å². The predicted molar refractivity (Wildman–Crippen MR) is 89.4 cm³/mol. The summed E-state index contributed by atoms with van der Waals surface area (Å²) >= 11 is 12.1. The molecule has 1 aromatic rings. The zero-order valence-corrected chi connectivity index (χ0v) is 14.4. The van der Waals surface area contributed by atoms with E-state index in [1.807, 2.05) is 19.9 Å². The van der Waals surface area contributed by atoms with Crippen LogP contribution in [0.25, 0.3) is 0 Å². The molecule has 0 aromatic heterocycles. The Kier molecular flexibility index (Phi) is 5.95. The molecule has 0 saturated carbocycles. The Bertz CT molecular complexity index is 529. The van der Waals surface area contributed by atoms with Crippen LogP contribution in [0.2, 0.25) is 10.0 Å². The number of hydrogen-bond acceptors (Lipinski definition) is 2. The molecule has 1 aliphatic heterocycles. The number of halogens is 2. The molecule has 2 amide bonds. The van der Waals surface area contributed by atoms with E-state index in [0.717, 1.165) is 18.4 Å². The summed E-state index contributed by atoms with van der Waals surface area (Å²) in [5.41, 5.74) is 0.846. The first kappa shape index (κ1) is 17.4. The van der Waals surface area contributed by atoms with Gasteiger partial charge in [0.25, 0.3) is 0 Å². The molecule has 1 aromatic carbocycles. The molecule has 6 heteroatoms. The molecular formula is C16H22Cl2N2O2. The highest BCUT2D eigenvalue weighted by molar-refractivity contribution is 6.35. The average molecular weight is 345 g/mol. The summed E-state index contributed by atoms with van der Waals surface area (Å²) in [5, 5.41) is 13.7. The fourth-order valence-corrected chi connectivity index (χ4v) is 3.36. The highest BCUT2D eigenvalue weighted by Gasteiger charge is 2.26. The number of nitrogens with one attached hydrogen (secondary N) is 1. The largest absolute Gasteiger partial charge is 0.393 e. The summed E-state index contributed by atoms with van der Waals surface area (Å²) in [4.78, 5) is 14.1. The van der Waals surface area contributed by atoms with E-state index in [1.54, 1.807) is 17.0 Å². The van der Waals surface area contributed by atoms with Gasteiger partial charge in [0, 0.05) is 23.1 Å². The maximum atomic E-state index is 12.3. The lowest BCUT2D eigenvalue weighted by molar-refractivity contribution is 0.0794. The number of amides is 2. The van der Waals surface area contributed by atoms with E-state index in [-0.39, 0.29) is 24.1 Å². The summed E-state index contributed by atoms with van der Waals surface area (Å²) in [6.07, 6.45) is 1.36. The van der Waals surface area contributed by atoms with Gasteiger partial charge in [-0.15, -0.1) is 0 Å². The van der Waals surface area contributed by atoms with Crippen molar-refractivity contribution in [2.45, 2.75) is 38.8 Å². The number of carbonyl (C=O) groups excluding carboxylic acids is 1. The predicted octanol–water partition coefficient (Wildman–Crippen LogP) is 3.86. The van der Waals surface area contributed by atoms with Crippen LogP contribution in [0.3, 0.4) is 0 Å². The molecule has 4 nitrogen and oxygen atoms in total. The molecule has 2 unspecified atom stereocenters. The molecule has 2 N–H and O–H groups in total. The van der Waals surface area contributed by atoms with Gasteiger partial charge in [-0.25, -0.2) is 4.79 Å². The Labute approximate surface area is 141 Å². The van der Waals surface area contributed by atoms with Gasteiger partial charge in [0.2, 0.25) is 0 Å². The molecule has 0 bridgehead atoms. The molecule has 122 valence electrons. The van der Waals surface area contributed by atoms with E-state index >= 15 is 0 Å². The van der Waals surface area contributed by atoms with E-state index in [9.17, 15) is 9.90 Å². The molecule has 1 heterocycles. The number of rotatable bonds is 3. The van der Waals surface area contributed by atoms with Gasteiger partial charge >= 0.3 is 6.03 Å². The molecule has 2 atom stereocenters. The van der Waals surface area contributed by atoms with Crippen LogP contribution in [-0.2, 0) is 0 Å². The van der Waals surface area contributed by atoms with Crippen LogP contribution in [0.15, 0.2) is 18.2 Å². The van der Waals surface area contributed by atoms with Crippen molar-refractivity contribution in [1.29, 1.82) is 0 Å². The first-order chi connectivity index (χ1) is 10.4. The number of aliphatic hydroxyl groups excluding tert-OH is 1. The topological polar surface area (TPSA) is 52.6 Å².